The highest BCUT2D eigenvalue weighted by Gasteiger charge is 2.12. The zero-order valence-electron chi connectivity index (χ0n) is 31.1. The third-order valence-electron chi connectivity index (χ3n) is 8.37. The third kappa shape index (κ3) is 36.7. The highest BCUT2D eigenvalue weighted by atomic mass is 16.6. The van der Waals surface area contributed by atoms with Gasteiger partial charge in [0.1, 0.15) is 19.3 Å². The van der Waals surface area contributed by atoms with Gasteiger partial charge in [0.2, 0.25) is 0 Å². The van der Waals surface area contributed by atoms with Gasteiger partial charge in [-0.2, -0.15) is 0 Å². The summed E-state index contributed by atoms with van der Waals surface area (Å²) in [6.07, 6.45) is 43.7. The molecule has 6 heteroatoms. The van der Waals surface area contributed by atoms with Gasteiger partial charge in [-0.15, -0.1) is 0 Å². The van der Waals surface area contributed by atoms with E-state index in [9.17, 15) is 19.8 Å². The molecule has 0 aliphatic carbocycles. The van der Waals surface area contributed by atoms with Crippen molar-refractivity contribution in [2.45, 2.75) is 193 Å². The van der Waals surface area contributed by atoms with Crippen molar-refractivity contribution < 1.29 is 29.3 Å². The summed E-state index contributed by atoms with van der Waals surface area (Å²) >= 11 is 0. The Labute approximate surface area is 295 Å². The first-order valence-corrected chi connectivity index (χ1v) is 19.8. The van der Waals surface area contributed by atoms with E-state index in [1.54, 1.807) is 0 Å². The van der Waals surface area contributed by atoms with E-state index < -0.39 is 6.10 Å². The van der Waals surface area contributed by atoms with E-state index in [1.165, 1.54) is 83.5 Å². The van der Waals surface area contributed by atoms with Crippen LogP contribution in [-0.2, 0) is 19.1 Å². The number of unbranched alkanes of at least 4 members (excludes halogenated alkanes) is 16. The molecule has 0 heterocycles. The Morgan fingerprint density at radius 3 is 1.33 bits per heavy atom. The summed E-state index contributed by atoms with van der Waals surface area (Å²) in [5.41, 5.74) is 0. The highest BCUT2D eigenvalue weighted by molar-refractivity contribution is 5.69. The number of esters is 2. The molecule has 0 bridgehead atoms. The quantitative estimate of drug-likeness (QED) is 0.0395. The molecule has 0 saturated carbocycles. The average Bonchev–Trinajstić information content (AvgIpc) is 3.08. The van der Waals surface area contributed by atoms with Gasteiger partial charge in [-0.05, 0) is 51.4 Å². The minimum Gasteiger partial charge on any atom is -0.463 e. The smallest absolute Gasteiger partial charge is 0.305 e. The summed E-state index contributed by atoms with van der Waals surface area (Å²) in [7, 11) is 0. The number of allylic oxidation sites excluding steroid dienone is 7. The van der Waals surface area contributed by atoms with Gasteiger partial charge < -0.3 is 19.7 Å². The zero-order valence-corrected chi connectivity index (χ0v) is 31.1. The summed E-state index contributed by atoms with van der Waals surface area (Å²) in [5.74, 6) is -0.646. The molecule has 0 fully saturated rings. The van der Waals surface area contributed by atoms with E-state index in [-0.39, 0.29) is 31.3 Å². The van der Waals surface area contributed by atoms with E-state index in [2.05, 4.69) is 62.5 Å². The SMILES string of the molecule is CCCCCCCCCCCCCCCCCCC(=O)OC[C@H](O)COC(=O)CCC/C=C\C/C=C\C/C=C\C/C=C\CC(O)CCC. The lowest BCUT2D eigenvalue weighted by molar-refractivity contribution is -0.152. The zero-order chi connectivity index (χ0) is 35.2. The fraction of sp³-hybridized carbons (Fsp3) is 0.762. The Morgan fingerprint density at radius 1 is 0.479 bits per heavy atom. The summed E-state index contributed by atoms with van der Waals surface area (Å²) in [5, 5.41) is 19.7. The van der Waals surface area contributed by atoms with E-state index in [4.69, 9.17) is 9.47 Å². The molecule has 0 aromatic rings. The molecule has 2 N–H and O–H groups in total. The van der Waals surface area contributed by atoms with Crippen molar-refractivity contribution in [1.29, 1.82) is 0 Å². The van der Waals surface area contributed by atoms with E-state index >= 15 is 0 Å². The van der Waals surface area contributed by atoms with Gasteiger partial charge in [0.05, 0.1) is 6.10 Å². The molecule has 0 aliphatic rings. The van der Waals surface area contributed by atoms with Gasteiger partial charge in [0, 0.05) is 12.8 Å². The van der Waals surface area contributed by atoms with E-state index in [0.717, 1.165) is 64.2 Å². The third-order valence-corrected chi connectivity index (χ3v) is 8.37. The van der Waals surface area contributed by atoms with Crippen LogP contribution in [-0.4, -0.2) is 47.6 Å². The Hall–Kier alpha value is -2.18. The summed E-state index contributed by atoms with van der Waals surface area (Å²) in [4.78, 5) is 23.9. The Balaban J connectivity index is 3.55. The molecule has 0 aromatic carbocycles. The summed E-state index contributed by atoms with van der Waals surface area (Å²) in [6, 6.07) is 0. The van der Waals surface area contributed by atoms with Gasteiger partial charge in [-0.3, -0.25) is 9.59 Å². The van der Waals surface area contributed by atoms with Crippen molar-refractivity contribution in [2.75, 3.05) is 13.2 Å². The van der Waals surface area contributed by atoms with Gasteiger partial charge in [0.25, 0.3) is 0 Å². The lowest BCUT2D eigenvalue weighted by Crippen LogP contribution is -2.25. The summed E-state index contributed by atoms with van der Waals surface area (Å²) in [6.45, 7) is 4.06. The fourth-order valence-electron chi connectivity index (χ4n) is 5.39. The minimum absolute atomic E-state index is 0.141. The lowest BCUT2D eigenvalue weighted by Gasteiger charge is -2.12. The monoisotopic (exact) mass is 675 g/mol. The first kappa shape index (κ1) is 45.8. The highest BCUT2D eigenvalue weighted by Crippen LogP contribution is 2.14. The van der Waals surface area contributed by atoms with Crippen molar-refractivity contribution in [3.63, 3.8) is 0 Å². The number of rotatable bonds is 35. The predicted octanol–water partition coefficient (Wildman–Crippen LogP) is 11.2. The molecule has 0 aliphatic heterocycles. The van der Waals surface area contributed by atoms with Crippen LogP contribution in [0.3, 0.4) is 0 Å². The minimum atomic E-state index is -0.994. The van der Waals surface area contributed by atoms with Crippen molar-refractivity contribution >= 4 is 11.9 Å². The number of aliphatic hydroxyl groups is 2. The van der Waals surface area contributed by atoms with Crippen molar-refractivity contribution in [1.82, 2.24) is 0 Å². The summed E-state index contributed by atoms with van der Waals surface area (Å²) < 4.78 is 10.3. The second-order valence-electron chi connectivity index (χ2n) is 13.2. The second-order valence-corrected chi connectivity index (χ2v) is 13.2. The Bertz CT molecular complexity index is 830. The molecule has 0 radical (unpaired) electrons. The standard InChI is InChI=1S/C42H74O6/c1-3-5-6-7-8-9-10-11-12-13-16-19-22-25-28-31-35-41(45)47-37-40(44)38-48-42(46)36-32-29-26-23-20-17-14-15-18-21-24-27-30-34-39(43)33-4-2/h14,17-18,21,23,26-27,30,39-40,43-44H,3-13,15-16,19-20,22,24-25,28-29,31-38H2,1-2H3/b17-14-,21-18-,26-23-,30-27-/t39?,40-/m0/s1. The molecule has 0 amide bonds. The number of carbonyl (C=O) groups is 2. The molecular weight excluding hydrogens is 600 g/mol. The van der Waals surface area contributed by atoms with Crippen molar-refractivity contribution in [3.05, 3.63) is 48.6 Å². The molecule has 48 heavy (non-hydrogen) atoms. The maximum absolute atomic E-state index is 12.0. The Kier molecular flexibility index (Phi) is 35.9. The van der Waals surface area contributed by atoms with E-state index in [1.807, 2.05) is 0 Å². The molecule has 1 unspecified atom stereocenters. The Morgan fingerprint density at radius 2 is 0.875 bits per heavy atom. The van der Waals surface area contributed by atoms with Gasteiger partial charge in [0.15, 0.2) is 0 Å². The topological polar surface area (TPSA) is 93.1 Å². The molecule has 0 aromatic heterocycles. The number of hydrogen-bond acceptors (Lipinski definition) is 6. The van der Waals surface area contributed by atoms with Crippen molar-refractivity contribution in [3.8, 4) is 0 Å². The van der Waals surface area contributed by atoms with Crippen LogP contribution in [0.5, 0.6) is 0 Å². The molecule has 0 rings (SSSR count). The maximum atomic E-state index is 12.0. The maximum Gasteiger partial charge on any atom is 0.305 e. The lowest BCUT2D eigenvalue weighted by atomic mass is 10.0. The van der Waals surface area contributed by atoms with Gasteiger partial charge in [-0.1, -0.05) is 165 Å². The second kappa shape index (κ2) is 37.6. The molecule has 278 valence electrons. The molecule has 6 nitrogen and oxygen atoms in total. The normalized spacial score (nSPS) is 13.3. The van der Waals surface area contributed by atoms with Crippen LogP contribution in [0.25, 0.3) is 0 Å². The average molecular weight is 675 g/mol. The van der Waals surface area contributed by atoms with Crippen LogP contribution < -0.4 is 0 Å². The van der Waals surface area contributed by atoms with Crippen LogP contribution >= 0.6 is 0 Å². The molecule has 0 spiro atoms. The molecule has 2 atom stereocenters. The van der Waals surface area contributed by atoms with E-state index in [0.29, 0.717) is 19.3 Å². The number of hydrogen-bond donors (Lipinski definition) is 2. The first-order chi connectivity index (χ1) is 23.5. The van der Waals surface area contributed by atoms with Crippen LogP contribution in [0.15, 0.2) is 48.6 Å². The number of ether oxygens (including phenoxy) is 2. The molecule has 0 saturated heterocycles. The van der Waals surface area contributed by atoms with Crippen LogP contribution in [0.4, 0.5) is 0 Å². The van der Waals surface area contributed by atoms with Gasteiger partial charge in [-0.25, -0.2) is 0 Å². The fourth-order valence-corrected chi connectivity index (χ4v) is 5.39. The number of carbonyl (C=O) groups excluding carboxylic acids is 2. The largest absolute Gasteiger partial charge is 0.463 e. The van der Waals surface area contributed by atoms with Crippen molar-refractivity contribution in [2.24, 2.45) is 0 Å². The predicted molar refractivity (Wildman–Crippen MR) is 202 cm³/mol. The van der Waals surface area contributed by atoms with Gasteiger partial charge >= 0.3 is 11.9 Å². The molecular formula is C42H74O6. The number of aliphatic hydroxyl groups excluding tert-OH is 2. The van der Waals surface area contributed by atoms with Crippen LogP contribution in [0, 0.1) is 0 Å². The van der Waals surface area contributed by atoms with Crippen LogP contribution in [0.2, 0.25) is 0 Å². The van der Waals surface area contributed by atoms with Crippen LogP contribution in [0.1, 0.15) is 181 Å². The first-order valence-electron chi connectivity index (χ1n) is 19.8.